The Kier molecular flexibility index (Phi) is 6.05. The zero-order valence-corrected chi connectivity index (χ0v) is 15.3. The SMILES string of the molecule is Cc1nc(C2CCCN2C(=O)NC(CCC(=O)O)Cc2ccccc2)no1. The maximum absolute atomic E-state index is 12.9. The molecule has 2 unspecified atom stereocenters. The van der Waals surface area contributed by atoms with Crippen molar-refractivity contribution in [2.45, 2.75) is 51.1 Å². The number of benzene rings is 1. The van der Waals surface area contributed by atoms with E-state index in [1.807, 2.05) is 30.3 Å². The van der Waals surface area contributed by atoms with Crippen LogP contribution in [0.2, 0.25) is 0 Å². The van der Waals surface area contributed by atoms with Crippen LogP contribution in [-0.2, 0) is 11.2 Å². The molecule has 1 saturated heterocycles. The summed E-state index contributed by atoms with van der Waals surface area (Å²) in [5.74, 6) is 0.120. The minimum atomic E-state index is -0.872. The molecule has 2 N–H and O–H groups in total. The normalized spacial score (nSPS) is 17.7. The highest BCUT2D eigenvalue weighted by Crippen LogP contribution is 2.30. The van der Waals surface area contributed by atoms with Gasteiger partial charge in [0.15, 0.2) is 5.82 Å². The van der Waals surface area contributed by atoms with E-state index in [1.54, 1.807) is 11.8 Å². The van der Waals surface area contributed by atoms with E-state index in [9.17, 15) is 9.59 Å². The van der Waals surface area contributed by atoms with Crippen molar-refractivity contribution in [3.63, 3.8) is 0 Å². The fourth-order valence-electron chi connectivity index (χ4n) is 3.41. The molecule has 2 heterocycles. The first-order chi connectivity index (χ1) is 13.0. The summed E-state index contributed by atoms with van der Waals surface area (Å²) in [4.78, 5) is 29.8. The summed E-state index contributed by atoms with van der Waals surface area (Å²) < 4.78 is 5.05. The first-order valence-corrected chi connectivity index (χ1v) is 9.16. The van der Waals surface area contributed by atoms with E-state index in [0.29, 0.717) is 31.1 Å². The summed E-state index contributed by atoms with van der Waals surface area (Å²) in [5, 5.41) is 16.0. The average Bonchev–Trinajstić information content (AvgIpc) is 3.29. The van der Waals surface area contributed by atoms with Crippen molar-refractivity contribution >= 4 is 12.0 Å². The van der Waals surface area contributed by atoms with Crippen LogP contribution in [0.4, 0.5) is 4.79 Å². The molecule has 0 saturated carbocycles. The topological polar surface area (TPSA) is 109 Å². The number of urea groups is 1. The van der Waals surface area contributed by atoms with Gasteiger partial charge in [-0.2, -0.15) is 4.98 Å². The molecule has 1 aromatic carbocycles. The molecule has 8 heteroatoms. The van der Waals surface area contributed by atoms with Crippen LogP contribution < -0.4 is 5.32 Å². The van der Waals surface area contributed by atoms with Crippen molar-refractivity contribution in [2.75, 3.05) is 6.54 Å². The van der Waals surface area contributed by atoms with Crippen LogP contribution in [0.25, 0.3) is 0 Å². The van der Waals surface area contributed by atoms with Crippen LogP contribution in [0.1, 0.15) is 49.0 Å². The second-order valence-corrected chi connectivity index (χ2v) is 6.79. The predicted molar refractivity (Wildman–Crippen MR) is 97.1 cm³/mol. The van der Waals surface area contributed by atoms with E-state index in [0.717, 1.165) is 18.4 Å². The number of hydrogen-bond donors (Lipinski definition) is 2. The number of aliphatic carboxylic acids is 1. The van der Waals surface area contributed by atoms with Crippen molar-refractivity contribution in [3.05, 3.63) is 47.6 Å². The van der Waals surface area contributed by atoms with Gasteiger partial charge in [0.1, 0.15) is 0 Å². The van der Waals surface area contributed by atoms with Gasteiger partial charge in [-0.3, -0.25) is 4.79 Å². The molecule has 1 aliphatic heterocycles. The maximum atomic E-state index is 12.9. The molecular weight excluding hydrogens is 348 g/mol. The molecule has 2 aromatic rings. The van der Waals surface area contributed by atoms with Crippen molar-refractivity contribution in [3.8, 4) is 0 Å². The quantitative estimate of drug-likeness (QED) is 0.773. The van der Waals surface area contributed by atoms with Gasteiger partial charge in [-0.25, -0.2) is 4.79 Å². The Labute approximate surface area is 157 Å². The number of likely N-dealkylation sites (tertiary alicyclic amines) is 1. The van der Waals surface area contributed by atoms with E-state index in [4.69, 9.17) is 9.63 Å². The molecular formula is C19H24N4O4. The lowest BCUT2D eigenvalue weighted by Gasteiger charge is -2.26. The van der Waals surface area contributed by atoms with Gasteiger partial charge in [0.05, 0.1) is 6.04 Å². The molecule has 0 spiro atoms. The smallest absolute Gasteiger partial charge is 0.318 e. The number of aromatic nitrogens is 2. The van der Waals surface area contributed by atoms with Crippen molar-refractivity contribution in [2.24, 2.45) is 0 Å². The third-order valence-electron chi connectivity index (χ3n) is 4.71. The minimum absolute atomic E-state index is 0.00520. The number of carbonyl (C=O) groups excluding carboxylic acids is 1. The monoisotopic (exact) mass is 372 g/mol. The molecule has 2 atom stereocenters. The van der Waals surface area contributed by atoms with Gasteiger partial charge < -0.3 is 19.8 Å². The molecule has 3 rings (SSSR count). The summed E-state index contributed by atoms with van der Waals surface area (Å²) in [5.41, 5.74) is 1.06. The Balaban J connectivity index is 1.67. The van der Waals surface area contributed by atoms with Crippen LogP contribution in [0.15, 0.2) is 34.9 Å². The van der Waals surface area contributed by atoms with Gasteiger partial charge in [-0.1, -0.05) is 35.5 Å². The van der Waals surface area contributed by atoms with E-state index in [-0.39, 0.29) is 24.5 Å². The lowest BCUT2D eigenvalue weighted by atomic mass is 10.0. The number of aryl methyl sites for hydroxylation is 1. The summed E-state index contributed by atoms with van der Waals surface area (Å²) in [6.07, 6.45) is 2.61. The molecule has 8 nitrogen and oxygen atoms in total. The van der Waals surface area contributed by atoms with E-state index < -0.39 is 5.97 Å². The highest BCUT2D eigenvalue weighted by molar-refractivity contribution is 5.75. The molecule has 0 bridgehead atoms. The second kappa shape index (κ2) is 8.66. The maximum Gasteiger partial charge on any atom is 0.318 e. The van der Waals surface area contributed by atoms with Gasteiger partial charge in [-0.05, 0) is 31.2 Å². The van der Waals surface area contributed by atoms with Crippen molar-refractivity contribution < 1.29 is 19.2 Å². The summed E-state index contributed by atoms with van der Waals surface area (Å²) >= 11 is 0. The lowest BCUT2D eigenvalue weighted by molar-refractivity contribution is -0.137. The van der Waals surface area contributed by atoms with E-state index in [2.05, 4.69) is 15.5 Å². The fourth-order valence-corrected chi connectivity index (χ4v) is 3.41. The van der Waals surface area contributed by atoms with E-state index in [1.165, 1.54) is 0 Å². The van der Waals surface area contributed by atoms with E-state index >= 15 is 0 Å². The second-order valence-electron chi connectivity index (χ2n) is 6.79. The largest absolute Gasteiger partial charge is 0.481 e. The zero-order chi connectivity index (χ0) is 19.2. The Morgan fingerprint density at radius 2 is 2.15 bits per heavy atom. The molecule has 1 aliphatic rings. The standard InChI is InChI=1S/C19H24N4O4/c1-13-20-18(22-27-13)16-8-5-11-23(16)19(26)21-15(9-10-17(24)25)12-14-6-3-2-4-7-14/h2-4,6-7,15-16H,5,8-12H2,1H3,(H,21,26)(H,24,25). The van der Waals surface area contributed by atoms with Gasteiger partial charge in [0.2, 0.25) is 5.89 Å². The zero-order valence-electron chi connectivity index (χ0n) is 15.3. The molecule has 0 radical (unpaired) electrons. The first-order valence-electron chi connectivity index (χ1n) is 9.16. The number of hydrogen-bond acceptors (Lipinski definition) is 5. The molecule has 144 valence electrons. The van der Waals surface area contributed by atoms with Gasteiger partial charge in [0.25, 0.3) is 0 Å². The Morgan fingerprint density at radius 3 is 2.81 bits per heavy atom. The molecule has 1 aromatic heterocycles. The molecule has 27 heavy (non-hydrogen) atoms. The number of amides is 2. The fraction of sp³-hybridized carbons (Fsp3) is 0.474. The highest BCUT2D eigenvalue weighted by atomic mass is 16.5. The van der Waals surface area contributed by atoms with Gasteiger partial charge in [0, 0.05) is 25.9 Å². The van der Waals surface area contributed by atoms with Crippen LogP contribution in [0.3, 0.4) is 0 Å². The summed E-state index contributed by atoms with van der Waals surface area (Å²) in [6.45, 7) is 2.33. The number of rotatable bonds is 7. The van der Waals surface area contributed by atoms with Crippen LogP contribution >= 0.6 is 0 Å². The Morgan fingerprint density at radius 1 is 1.37 bits per heavy atom. The Bertz CT molecular complexity index is 777. The highest BCUT2D eigenvalue weighted by Gasteiger charge is 2.34. The molecule has 1 fully saturated rings. The van der Waals surface area contributed by atoms with Gasteiger partial charge >= 0.3 is 12.0 Å². The molecule has 0 aliphatic carbocycles. The number of carbonyl (C=O) groups is 2. The van der Waals surface area contributed by atoms with Crippen molar-refractivity contribution in [1.29, 1.82) is 0 Å². The number of nitrogens with zero attached hydrogens (tertiary/aromatic N) is 3. The lowest BCUT2D eigenvalue weighted by Crippen LogP contribution is -2.45. The third-order valence-corrected chi connectivity index (χ3v) is 4.71. The third kappa shape index (κ3) is 5.06. The number of carboxylic acid groups (broad SMARTS) is 1. The first kappa shape index (κ1) is 18.9. The molecule has 2 amide bonds. The van der Waals surface area contributed by atoms with Crippen molar-refractivity contribution in [1.82, 2.24) is 20.4 Å². The number of carboxylic acids is 1. The van der Waals surface area contributed by atoms with Gasteiger partial charge in [-0.15, -0.1) is 0 Å². The minimum Gasteiger partial charge on any atom is -0.481 e. The summed E-state index contributed by atoms with van der Waals surface area (Å²) in [6, 6.07) is 9.05. The number of nitrogens with one attached hydrogen (secondary N) is 1. The van der Waals surface area contributed by atoms with Crippen LogP contribution in [0, 0.1) is 6.92 Å². The Hall–Kier alpha value is -2.90. The average molecular weight is 372 g/mol. The predicted octanol–water partition coefficient (Wildman–Crippen LogP) is 2.70. The summed E-state index contributed by atoms with van der Waals surface area (Å²) in [7, 11) is 0. The van der Waals surface area contributed by atoms with Crippen LogP contribution in [-0.4, -0.2) is 44.7 Å². The van der Waals surface area contributed by atoms with Crippen LogP contribution in [0.5, 0.6) is 0 Å².